The van der Waals surface area contributed by atoms with Crippen LogP contribution in [0.15, 0.2) is 12.1 Å². The van der Waals surface area contributed by atoms with Gasteiger partial charge in [-0.1, -0.05) is 13.8 Å². The number of benzene rings is 1. The lowest BCUT2D eigenvalue weighted by Gasteiger charge is -2.61. The fourth-order valence-electron chi connectivity index (χ4n) is 9.83. The Labute approximate surface area is 239 Å². The maximum absolute atomic E-state index is 12.9. The van der Waals surface area contributed by atoms with Crippen molar-refractivity contribution in [1.29, 1.82) is 0 Å². The highest BCUT2D eigenvalue weighted by atomic mass is 16.5. The predicted octanol–water partition coefficient (Wildman–Crippen LogP) is 6.83. The molecule has 7 heteroatoms. The molecule has 6 unspecified atom stereocenters. The van der Waals surface area contributed by atoms with E-state index in [0.717, 1.165) is 49.7 Å². The van der Waals surface area contributed by atoms with Gasteiger partial charge in [0.05, 0.1) is 19.9 Å². The third kappa shape index (κ3) is 5.14. The monoisotopic (exact) mass is 553 g/mol. The van der Waals surface area contributed by atoms with Gasteiger partial charge in [-0.2, -0.15) is 0 Å². The van der Waals surface area contributed by atoms with Crippen LogP contribution >= 0.6 is 0 Å². The van der Waals surface area contributed by atoms with Gasteiger partial charge in [0.1, 0.15) is 6.10 Å². The average molecular weight is 554 g/mol. The molecule has 1 aromatic rings. The van der Waals surface area contributed by atoms with E-state index in [-0.39, 0.29) is 12.0 Å². The van der Waals surface area contributed by atoms with Crippen LogP contribution in [-0.4, -0.2) is 39.0 Å². The number of carbonyl (C=O) groups excluding carboxylic acids is 3. The van der Waals surface area contributed by atoms with E-state index >= 15 is 0 Å². The Balaban J connectivity index is 1.17. The normalized spacial score (nSPS) is 36.4. The molecule has 7 nitrogen and oxygen atoms in total. The van der Waals surface area contributed by atoms with Crippen LogP contribution < -0.4 is 14.8 Å². The van der Waals surface area contributed by atoms with Crippen molar-refractivity contribution in [1.82, 2.24) is 0 Å². The first-order valence-corrected chi connectivity index (χ1v) is 15.4. The number of amides is 1. The smallest absolute Gasteiger partial charge is 0.293 e. The highest BCUT2D eigenvalue weighted by Gasteiger charge is 2.60. The third-order valence-corrected chi connectivity index (χ3v) is 12.0. The molecule has 220 valence electrons. The van der Waals surface area contributed by atoms with Crippen LogP contribution in [0.4, 0.5) is 5.69 Å². The number of hydrogen-bond acceptors (Lipinski definition) is 6. The minimum absolute atomic E-state index is 0.0702. The number of ether oxygens (including phenoxy) is 3. The SMILES string of the molecule is COc1cc(C=O)c(NC(=O)CCC[C@H]2CCC3C4CCC5C[C@H](OC=O)CCC5(C)C4CCC32C)cc1OC. The predicted molar refractivity (Wildman–Crippen MR) is 154 cm³/mol. The van der Waals surface area contributed by atoms with Gasteiger partial charge in [-0.3, -0.25) is 14.4 Å². The van der Waals surface area contributed by atoms with Gasteiger partial charge in [0, 0.05) is 18.1 Å². The standard InChI is InChI=1S/C33H47NO6/c1-32-15-13-27-25(10-8-23-17-24(40-20-36)12-14-33(23,27)2)26(32)11-9-22(32)6-5-7-31(37)34-28-18-30(39-4)29(38-3)16-21(28)19-35/h16,18-20,22-27H,5-15,17H2,1-4H3,(H,34,37)/t22-,23?,24+,25?,26?,27?,32?,33?/m0/s1. The minimum atomic E-state index is -0.0702. The molecule has 4 aliphatic carbocycles. The average Bonchev–Trinajstić information content (AvgIpc) is 3.29. The van der Waals surface area contributed by atoms with Crippen molar-refractivity contribution in [3.63, 3.8) is 0 Å². The van der Waals surface area contributed by atoms with Crippen molar-refractivity contribution >= 4 is 24.4 Å². The van der Waals surface area contributed by atoms with Crippen LogP contribution in [0.2, 0.25) is 0 Å². The molecule has 0 saturated heterocycles. The van der Waals surface area contributed by atoms with Crippen molar-refractivity contribution < 1.29 is 28.6 Å². The fraction of sp³-hybridized carbons (Fsp3) is 0.727. The van der Waals surface area contributed by atoms with Crippen LogP contribution in [-0.2, 0) is 14.3 Å². The Morgan fingerprint density at radius 1 is 0.950 bits per heavy atom. The van der Waals surface area contributed by atoms with Crippen molar-refractivity contribution in [2.45, 2.75) is 97.0 Å². The molecule has 1 amide bonds. The van der Waals surface area contributed by atoms with Crippen molar-refractivity contribution in [3.8, 4) is 11.5 Å². The number of nitrogens with one attached hydrogen (secondary N) is 1. The largest absolute Gasteiger partial charge is 0.493 e. The van der Waals surface area contributed by atoms with Gasteiger partial charge < -0.3 is 19.5 Å². The molecule has 1 N–H and O–H groups in total. The van der Waals surface area contributed by atoms with E-state index in [2.05, 4.69) is 19.2 Å². The molecular formula is C33H47NO6. The second kappa shape index (κ2) is 11.7. The summed E-state index contributed by atoms with van der Waals surface area (Å²) in [6, 6.07) is 3.24. The zero-order valence-electron chi connectivity index (χ0n) is 24.7. The first-order valence-electron chi connectivity index (χ1n) is 15.4. The summed E-state index contributed by atoms with van der Waals surface area (Å²) in [5.74, 6) is 4.60. The highest BCUT2D eigenvalue weighted by Crippen LogP contribution is 2.68. The fourth-order valence-corrected chi connectivity index (χ4v) is 9.83. The molecule has 0 heterocycles. The molecule has 0 spiro atoms. The van der Waals surface area contributed by atoms with E-state index < -0.39 is 0 Å². The summed E-state index contributed by atoms with van der Waals surface area (Å²) in [6.45, 7) is 5.74. The van der Waals surface area contributed by atoms with Gasteiger partial charge in [-0.25, -0.2) is 0 Å². The van der Waals surface area contributed by atoms with Crippen LogP contribution in [0.1, 0.15) is 101 Å². The summed E-state index contributed by atoms with van der Waals surface area (Å²) in [4.78, 5) is 35.4. The molecule has 0 aromatic heterocycles. The van der Waals surface area contributed by atoms with Gasteiger partial charge >= 0.3 is 0 Å². The second-order valence-electron chi connectivity index (χ2n) is 13.5. The Morgan fingerprint density at radius 2 is 1.68 bits per heavy atom. The minimum Gasteiger partial charge on any atom is -0.493 e. The van der Waals surface area contributed by atoms with E-state index in [9.17, 15) is 14.4 Å². The van der Waals surface area contributed by atoms with Gasteiger partial charge in [-0.15, -0.1) is 0 Å². The second-order valence-corrected chi connectivity index (χ2v) is 13.5. The summed E-state index contributed by atoms with van der Waals surface area (Å²) in [5, 5.41) is 2.92. The van der Waals surface area contributed by atoms with Crippen LogP contribution in [0.3, 0.4) is 0 Å². The van der Waals surface area contributed by atoms with Gasteiger partial charge in [0.25, 0.3) is 6.47 Å². The summed E-state index contributed by atoms with van der Waals surface area (Å²) in [7, 11) is 3.06. The number of carbonyl (C=O) groups is 3. The van der Waals surface area contributed by atoms with Crippen LogP contribution in [0.25, 0.3) is 0 Å². The molecule has 4 aliphatic rings. The Hall–Kier alpha value is -2.57. The molecule has 40 heavy (non-hydrogen) atoms. The Kier molecular flexibility index (Phi) is 8.49. The first kappa shape index (κ1) is 28.9. The lowest BCUT2D eigenvalue weighted by Crippen LogP contribution is -2.54. The number of methoxy groups -OCH3 is 2. The molecule has 4 fully saturated rings. The summed E-state index contributed by atoms with van der Waals surface area (Å²) in [6.07, 6.45) is 14.3. The quantitative estimate of drug-likeness (QED) is 0.320. The molecule has 4 saturated carbocycles. The Morgan fingerprint density at radius 3 is 2.40 bits per heavy atom. The first-order chi connectivity index (χ1) is 19.3. The molecule has 8 atom stereocenters. The zero-order chi connectivity index (χ0) is 28.5. The Bertz CT molecular complexity index is 1100. The summed E-state index contributed by atoms with van der Waals surface area (Å²) >= 11 is 0. The number of rotatable bonds is 10. The molecule has 0 bridgehead atoms. The number of aldehydes is 1. The van der Waals surface area contributed by atoms with Crippen LogP contribution in [0.5, 0.6) is 11.5 Å². The van der Waals surface area contributed by atoms with E-state index in [1.807, 2.05) is 0 Å². The zero-order valence-corrected chi connectivity index (χ0v) is 24.7. The third-order valence-electron chi connectivity index (χ3n) is 12.0. The molecular weight excluding hydrogens is 506 g/mol. The molecule has 5 rings (SSSR count). The van der Waals surface area contributed by atoms with E-state index in [0.29, 0.717) is 58.3 Å². The number of fused-ring (bicyclic) bond motifs is 5. The lowest BCUT2D eigenvalue weighted by molar-refractivity contribution is -0.150. The maximum atomic E-state index is 12.9. The van der Waals surface area contributed by atoms with Crippen molar-refractivity contribution in [2.75, 3.05) is 19.5 Å². The van der Waals surface area contributed by atoms with Crippen molar-refractivity contribution in [2.24, 2.45) is 40.4 Å². The summed E-state index contributed by atoms with van der Waals surface area (Å²) in [5.41, 5.74) is 1.59. The van der Waals surface area contributed by atoms with Gasteiger partial charge in [-0.05, 0) is 117 Å². The van der Waals surface area contributed by atoms with Gasteiger partial charge in [0.2, 0.25) is 5.91 Å². The molecule has 1 aromatic carbocycles. The van der Waals surface area contributed by atoms with Gasteiger partial charge in [0.15, 0.2) is 17.8 Å². The number of anilines is 1. The lowest BCUT2D eigenvalue weighted by atomic mass is 9.44. The molecule has 0 aliphatic heterocycles. The number of hydrogen-bond donors (Lipinski definition) is 1. The van der Waals surface area contributed by atoms with Crippen LogP contribution in [0, 0.1) is 40.4 Å². The van der Waals surface area contributed by atoms with Crippen molar-refractivity contribution in [3.05, 3.63) is 17.7 Å². The maximum Gasteiger partial charge on any atom is 0.293 e. The molecule has 0 radical (unpaired) electrons. The van der Waals surface area contributed by atoms with E-state index in [4.69, 9.17) is 14.2 Å². The highest BCUT2D eigenvalue weighted by molar-refractivity contribution is 5.97. The summed E-state index contributed by atoms with van der Waals surface area (Å²) < 4.78 is 16.0. The van der Waals surface area contributed by atoms with E-state index in [1.54, 1.807) is 12.1 Å². The van der Waals surface area contributed by atoms with E-state index in [1.165, 1.54) is 59.2 Å². The topological polar surface area (TPSA) is 90.9 Å².